The van der Waals surface area contributed by atoms with Crippen LogP contribution in [-0.2, 0) is 4.79 Å². The Morgan fingerprint density at radius 3 is 2.56 bits per heavy atom. The molecular formula is C12H15N3O. The molecule has 16 heavy (non-hydrogen) atoms. The number of likely N-dealkylation sites (N-methyl/N-ethyl adjacent to an activating group) is 1. The minimum absolute atomic E-state index is 0.169. The molecule has 1 rings (SSSR count). The van der Waals surface area contributed by atoms with Gasteiger partial charge < -0.3 is 10.6 Å². The number of amides is 1. The summed E-state index contributed by atoms with van der Waals surface area (Å²) in [5, 5.41) is 14.5. The largest absolute Gasteiger partial charge is 0.323 e. The van der Waals surface area contributed by atoms with E-state index in [0.29, 0.717) is 11.3 Å². The smallest absolute Gasteiger partial charge is 0.244 e. The number of nitrogens with zero attached hydrogens (tertiary/aromatic N) is 1. The number of carbonyl (C=O) groups excluding carboxylic acids is 1. The van der Waals surface area contributed by atoms with Gasteiger partial charge in [0.2, 0.25) is 5.91 Å². The van der Waals surface area contributed by atoms with Crippen molar-refractivity contribution in [3.8, 4) is 6.07 Å². The van der Waals surface area contributed by atoms with Crippen LogP contribution >= 0.6 is 0 Å². The van der Waals surface area contributed by atoms with E-state index in [1.807, 2.05) is 6.07 Å². The Hall–Kier alpha value is -1.86. The summed E-state index contributed by atoms with van der Waals surface area (Å²) in [5.41, 5.74) is 0.337. The molecule has 84 valence electrons. The molecule has 0 aliphatic heterocycles. The fourth-order valence-electron chi connectivity index (χ4n) is 1.08. The van der Waals surface area contributed by atoms with Crippen LogP contribution in [0.2, 0.25) is 0 Å². The monoisotopic (exact) mass is 217 g/mol. The molecule has 1 aromatic rings. The predicted octanol–water partition coefficient (Wildman–Crippen LogP) is 1.49. The van der Waals surface area contributed by atoms with Gasteiger partial charge >= 0.3 is 0 Å². The fourth-order valence-corrected chi connectivity index (χ4v) is 1.08. The summed E-state index contributed by atoms with van der Waals surface area (Å²) in [6.07, 6.45) is 0. The second-order valence-corrected chi connectivity index (χ2v) is 3.99. The maximum absolute atomic E-state index is 11.9. The zero-order valence-corrected chi connectivity index (χ0v) is 9.66. The van der Waals surface area contributed by atoms with Crippen molar-refractivity contribution in [3.05, 3.63) is 29.8 Å². The number of hydrogen-bond donors (Lipinski definition) is 2. The van der Waals surface area contributed by atoms with Gasteiger partial charge in [0, 0.05) is 0 Å². The van der Waals surface area contributed by atoms with Crippen LogP contribution in [0.25, 0.3) is 0 Å². The molecule has 1 amide bonds. The van der Waals surface area contributed by atoms with Crippen LogP contribution in [-0.4, -0.2) is 18.5 Å². The van der Waals surface area contributed by atoms with E-state index in [2.05, 4.69) is 10.6 Å². The van der Waals surface area contributed by atoms with Gasteiger partial charge in [0.15, 0.2) is 0 Å². The maximum atomic E-state index is 11.9. The van der Waals surface area contributed by atoms with E-state index in [-0.39, 0.29) is 5.91 Å². The number of carbonyl (C=O) groups is 1. The van der Waals surface area contributed by atoms with Gasteiger partial charge in [-0.25, -0.2) is 0 Å². The number of para-hydroxylation sites is 1. The number of benzene rings is 1. The summed E-state index contributed by atoms with van der Waals surface area (Å²) in [4.78, 5) is 11.9. The lowest BCUT2D eigenvalue weighted by atomic mass is 10.0. The average Bonchev–Trinajstić information content (AvgIpc) is 2.29. The van der Waals surface area contributed by atoms with E-state index in [1.165, 1.54) is 0 Å². The molecular weight excluding hydrogens is 202 g/mol. The van der Waals surface area contributed by atoms with Gasteiger partial charge in [-0.15, -0.1) is 0 Å². The van der Waals surface area contributed by atoms with Crippen LogP contribution in [0.1, 0.15) is 19.4 Å². The number of nitriles is 1. The number of rotatable bonds is 3. The Bertz CT molecular complexity index is 432. The summed E-state index contributed by atoms with van der Waals surface area (Å²) in [6.45, 7) is 3.55. The maximum Gasteiger partial charge on any atom is 0.244 e. The molecule has 0 saturated heterocycles. The molecule has 0 aliphatic rings. The highest BCUT2D eigenvalue weighted by Crippen LogP contribution is 2.15. The molecule has 0 spiro atoms. The van der Waals surface area contributed by atoms with Crippen LogP contribution < -0.4 is 10.6 Å². The molecule has 4 heteroatoms. The van der Waals surface area contributed by atoms with Gasteiger partial charge in [0.1, 0.15) is 6.07 Å². The van der Waals surface area contributed by atoms with E-state index in [9.17, 15) is 4.79 Å². The van der Waals surface area contributed by atoms with E-state index in [0.717, 1.165) is 0 Å². The van der Waals surface area contributed by atoms with Crippen LogP contribution in [0.4, 0.5) is 5.69 Å². The summed E-state index contributed by atoms with van der Waals surface area (Å²) in [5.74, 6) is -0.169. The molecule has 2 N–H and O–H groups in total. The molecule has 4 nitrogen and oxygen atoms in total. The van der Waals surface area contributed by atoms with Crippen molar-refractivity contribution in [3.63, 3.8) is 0 Å². The van der Waals surface area contributed by atoms with Crippen LogP contribution in [0.5, 0.6) is 0 Å². The summed E-state index contributed by atoms with van der Waals surface area (Å²) in [6, 6.07) is 8.96. The van der Waals surface area contributed by atoms with E-state index < -0.39 is 5.54 Å². The topological polar surface area (TPSA) is 64.9 Å². The van der Waals surface area contributed by atoms with Gasteiger partial charge in [-0.05, 0) is 33.0 Å². The van der Waals surface area contributed by atoms with Crippen molar-refractivity contribution in [2.75, 3.05) is 12.4 Å². The predicted molar refractivity (Wildman–Crippen MR) is 62.9 cm³/mol. The lowest BCUT2D eigenvalue weighted by Crippen LogP contribution is -2.48. The Morgan fingerprint density at radius 2 is 2.00 bits per heavy atom. The minimum atomic E-state index is -0.664. The zero-order valence-electron chi connectivity index (χ0n) is 9.66. The third kappa shape index (κ3) is 2.59. The first-order valence-electron chi connectivity index (χ1n) is 5.01. The zero-order chi connectivity index (χ0) is 12.2. The lowest BCUT2D eigenvalue weighted by molar-refractivity contribution is -0.121. The SMILES string of the molecule is CNC(C)(C)C(=O)Nc1ccccc1C#N. The van der Waals surface area contributed by atoms with Crippen molar-refractivity contribution in [1.29, 1.82) is 5.26 Å². The molecule has 0 unspecified atom stereocenters. The normalized spacial score (nSPS) is 10.6. The molecule has 0 bridgehead atoms. The van der Waals surface area contributed by atoms with Gasteiger partial charge in [-0.3, -0.25) is 4.79 Å². The van der Waals surface area contributed by atoms with Crippen LogP contribution in [0.3, 0.4) is 0 Å². The van der Waals surface area contributed by atoms with Gasteiger partial charge in [0.05, 0.1) is 16.8 Å². The quantitative estimate of drug-likeness (QED) is 0.806. The van der Waals surface area contributed by atoms with Gasteiger partial charge in [-0.2, -0.15) is 5.26 Å². The molecule has 0 aliphatic carbocycles. The third-order valence-electron chi connectivity index (χ3n) is 2.49. The highest BCUT2D eigenvalue weighted by atomic mass is 16.2. The highest BCUT2D eigenvalue weighted by molar-refractivity contribution is 5.98. The van der Waals surface area contributed by atoms with E-state index in [4.69, 9.17) is 5.26 Å². The molecule has 1 aromatic carbocycles. The first-order chi connectivity index (χ1) is 7.51. The molecule has 0 heterocycles. The summed E-state index contributed by atoms with van der Waals surface area (Å²) < 4.78 is 0. The molecule has 0 fully saturated rings. The molecule has 0 atom stereocenters. The summed E-state index contributed by atoms with van der Waals surface area (Å²) >= 11 is 0. The highest BCUT2D eigenvalue weighted by Gasteiger charge is 2.25. The average molecular weight is 217 g/mol. The second-order valence-electron chi connectivity index (χ2n) is 3.99. The molecule has 0 radical (unpaired) electrons. The Labute approximate surface area is 95.3 Å². The Balaban J connectivity index is 2.90. The van der Waals surface area contributed by atoms with Crippen molar-refractivity contribution in [2.45, 2.75) is 19.4 Å². The van der Waals surface area contributed by atoms with Gasteiger partial charge in [-0.1, -0.05) is 12.1 Å². The van der Waals surface area contributed by atoms with Gasteiger partial charge in [0.25, 0.3) is 0 Å². The minimum Gasteiger partial charge on any atom is -0.323 e. The van der Waals surface area contributed by atoms with Crippen molar-refractivity contribution < 1.29 is 4.79 Å². The van der Waals surface area contributed by atoms with E-state index >= 15 is 0 Å². The number of nitrogens with one attached hydrogen (secondary N) is 2. The van der Waals surface area contributed by atoms with E-state index in [1.54, 1.807) is 45.2 Å². The van der Waals surface area contributed by atoms with Crippen molar-refractivity contribution >= 4 is 11.6 Å². The first kappa shape index (κ1) is 12.2. The standard InChI is InChI=1S/C12H15N3O/c1-12(2,14-3)11(16)15-10-7-5-4-6-9(10)8-13/h4-7,14H,1-3H3,(H,15,16). The van der Waals surface area contributed by atoms with Crippen LogP contribution in [0, 0.1) is 11.3 Å². The molecule has 0 aromatic heterocycles. The fraction of sp³-hybridized carbons (Fsp3) is 0.333. The van der Waals surface area contributed by atoms with Crippen LogP contribution in [0.15, 0.2) is 24.3 Å². The first-order valence-corrected chi connectivity index (χ1v) is 5.01. The number of anilines is 1. The third-order valence-corrected chi connectivity index (χ3v) is 2.49. The Morgan fingerprint density at radius 1 is 1.38 bits per heavy atom. The van der Waals surface area contributed by atoms with Crippen molar-refractivity contribution in [2.24, 2.45) is 0 Å². The Kier molecular flexibility index (Phi) is 3.64. The second kappa shape index (κ2) is 4.77. The lowest BCUT2D eigenvalue weighted by Gasteiger charge is -2.22. The van der Waals surface area contributed by atoms with Crippen molar-refractivity contribution in [1.82, 2.24) is 5.32 Å². The molecule has 0 saturated carbocycles. The summed E-state index contributed by atoms with van der Waals surface area (Å²) in [7, 11) is 1.72. The number of hydrogen-bond acceptors (Lipinski definition) is 3.